The van der Waals surface area contributed by atoms with E-state index in [0.717, 1.165) is 17.1 Å². The minimum absolute atomic E-state index is 0.0831. The highest BCUT2D eigenvalue weighted by molar-refractivity contribution is 5.94. The van der Waals surface area contributed by atoms with Crippen molar-refractivity contribution in [2.45, 2.75) is 26.8 Å². The highest BCUT2D eigenvalue weighted by Crippen LogP contribution is 2.18. The van der Waals surface area contributed by atoms with E-state index < -0.39 is 0 Å². The molecular formula is C20H25NO3. The van der Waals surface area contributed by atoms with E-state index in [-0.39, 0.29) is 11.9 Å². The Morgan fingerprint density at radius 2 is 1.54 bits per heavy atom. The topological polar surface area (TPSA) is 47.6 Å². The molecule has 0 heterocycles. The average Bonchev–Trinajstić information content (AvgIpc) is 2.60. The molecule has 128 valence electrons. The predicted octanol–water partition coefficient (Wildman–Crippen LogP) is 4.22. The monoisotopic (exact) mass is 327 g/mol. The Morgan fingerprint density at radius 3 is 2.08 bits per heavy atom. The van der Waals surface area contributed by atoms with Crippen LogP contribution in [-0.4, -0.2) is 19.6 Å². The van der Waals surface area contributed by atoms with Crippen LogP contribution in [0, 0.1) is 5.92 Å². The molecule has 4 heteroatoms. The molecule has 2 rings (SSSR count). The number of hydrogen-bond donors (Lipinski definition) is 1. The fourth-order valence-corrected chi connectivity index (χ4v) is 2.22. The number of carbonyl (C=O) groups excluding carboxylic acids is 1. The van der Waals surface area contributed by atoms with Crippen molar-refractivity contribution in [3.05, 3.63) is 59.7 Å². The molecule has 2 aromatic rings. The molecule has 1 N–H and O–H groups in total. The van der Waals surface area contributed by atoms with Crippen LogP contribution in [0.15, 0.2) is 48.5 Å². The van der Waals surface area contributed by atoms with Crippen molar-refractivity contribution in [3.8, 4) is 11.5 Å². The fourth-order valence-electron chi connectivity index (χ4n) is 2.22. The lowest BCUT2D eigenvalue weighted by Crippen LogP contribution is -2.26. The van der Waals surface area contributed by atoms with E-state index in [4.69, 9.17) is 9.47 Å². The van der Waals surface area contributed by atoms with Crippen LogP contribution in [0.3, 0.4) is 0 Å². The molecule has 24 heavy (non-hydrogen) atoms. The summed E-state index contributed by atoms with van der Waals surface area (Å²) in [6.45, 7) is 6.82. The van der Waals surface area contributed by atoms with Gasteiger partial charge in [-0.05, 0) is 54.8 Å². The molecule has 0 bridgehead atoms. The van der Waals surface area contributed by atoms with Gasteiger partial charge in [0.2, 0.25) is 0 Å². The standard InChI is InChI=1S/C20H25NO3/c1-14(2)13-24-19-11-7-17(8-12-19)20(22)21-15(3)16-5-9-18(23-4)10-6-16/h5-12,14-15H,13H2,1-4H3,(H,21,22)/t15-/m0/s1. The van der Waals surface area contributed by atoms with E-state index in [0.29, 0.717) is 18.1 Å². The maximum Gasteiger partial charge on any atom is 0.251 e. The minimum Gasteiger partial charge on any atom is -0.497 e. The van der Waals surface area contributed by atoms with Crippen molar-refractivity contribution >= 4 is 5.91 Å². The first-order valence-corrected chi connectivity index (χ1v) is 8.17. The summed E-state index contributed by atoms with van der Waals surface area (Å²) >= 11 is 0. The highest BCUT2D eigenvalue weighted by atomic mass is 16.5. The maximum absolute atomic E-state index is 12.4. The number of nitrogens with one attached hydrogen (secondary N) is 1. The molecule has 1 amide bonds. The molecule has 0 aromatic heterocycles. The second kappa shape index (κ2) is 8.39. The van der Waals surface area contributed by atoms with Crippen LogP contribution in [0.1, 0.15) is 42.7 Å². The van der Waals surface area contributed by atoms with Gasteiger partial charge in [-0.2, -0.15) is 0 Å². The summed E-state index contributed by atoms with van der Waals surface area (Å²) in [5, 5.41) is 3.00. The van der Waals surface area contributed by atoms with Crippen LogP contribution in [0.5, 0.6) is 11.5 Å². The largest absolute Gasteiger partial charge is 0.497 e. The summed E-state index contributed by atoms with van der Waals surface area (Å²) in [5.41, 5.74) is 1.65. The number of methoxy groups -OCH3 is 1. The SMILES string of the molecule is COc1ccc([C@H](C)NC(=O)c2ccc(OCC(C)C)cc2)cc1. The molecule has 0 saturated heterocycles. The van der Waals surface area contributed by atoms with Crippen molar-refractivity contribution in [2.24, 2.45) is 5.92 Å². The van der Waals surface area contributed by atoms with Gasteiger partial charge in [0.05, 0.1) is 19.8 Å². The van der Waals surface area contributed by atoms with E-state index in [1.54, 1.807) is 19.2 Å². The van der Waals surface area contributed by atoms with Crippen molar-refractivity contribution in [1.29, 1.82) is 0 Å². The summed E-state index contributed by atoms with van der Waals surface area (Å²) in [7, 11) is 1.63. The molecule has 1 atom stereocenters. The second-order valence-corrected chi connectivity index (χ2v) is 6.20. The molecule has 0 radical (unpaired) electrons. The first-order chi connectivity index (χ1) is 11.5. The van der Waals surface area contributed by atoms with Gasteiger partial charge in [0, 0.05) is 5.56 Å². The summed E-state index contributed by atoms with van der Waals surface area (Å²) in [6.07, 6.45) is 0. The molecule has 0 spiro atoms. The first kappa shape index (κ1) is 17.9. The molecule has 0 saturated carbocycles. The number of rotatable bonds is 7. The quantitative estimate of drug-likeness (QED) is 0.828. The van der Waals surface area contributed by atoms with Gasteiger partial charge in [-0.1, -0.05) is 26.0 Å². The van der Waals surface area contributed by atoms with Gasteiger partial charge in [0.1, 0.15) is 11.5 Å². The van der Waals surface area contributed by atoms with E-state index >= 15 is 0 Å². The molecule has 0 fully saturated rings. The molecular weight excluding hydrogens is 302 g/mol. The summed E-state index contributed by atoms with van der Waals surface area (Å²) in [4.78, 5) is 12.4. The third-order valence-corrected chi connectivity index (χ3v) is 3.66. The summed E-state index contributed by atoms with van der Waals surface area (Å²) in [6, 6.07) is 14.8. The highest BCUT2D eigenvalue weighted by Gasteiger charge is 2.11. The molecule has 0 aliphatic carbocycles. The Kier molecular flexibility index (Phi) is 6.24. The Labute approximate surface area is 143 Å². The van der Waals surface area contributed by atoms with Gasteiger partial charge < -0.3 is 14.8 Å². The van der Waals surface area contributed by atoms with Gasteiger partial charge in [0.15, 0.2) is 0 Å². The van der Waals surface area contributed by atoms with Gasteiger partial charge in [-0.15, -0.1) is 0 Å². The van der Waals surface area contributed by atoms with Gasteiger partial charge in [0.25, 0.3) is 5.91 Å². The average molecular weight is 327 g/mol. The molecule has 0 aliphatic rings. The van der Waals surface area contributed by atoms with Crippen molar-refractivity contribution in [1.82, 2.24) is 5.32 Å². The Hall–Kier alpha value is -2.49. The lowest BCUT2D eigenvalue weighted by Gasteiger charge is -2.15. The predicted molar refractivity (Wildman–Crippen MR) is 95.7 cm³/mol. The third-order valence-electron chi connectivity index (χ3n) is 3.66. The number of hydrogen-bond acceptors (Lipinski definition) is 3. The zero-order chi connectivity index (χ0) is 17.5. The Balaban J connectivity index is 1.95. The minimum atomic E-state index is -0.103. The third kappa shape index (κ3) is 5.01. The fraction of sp³-hybridized carbons (Fsp3) is 0.350. The Morgan fingerprint density at radius 1 is 0.958 bits per heavy atom. The van der Waals surface area contributed by atoms with Crippen LogP contribution in [0.4, 0.5) is 0 Å². The lowest BCUT2D eigenvalue weighted by molar-refractivity contribution is 0.0940. The van der Waals surface area contributed by atoms with Gasteiger partial charge in [-0.25, -0.2) is 0 Å². The molecule has 2 aromatic carbocycles. The van der Waals surface area contributed by atoms with Crippen molar-refractivity contribution < 1.29 is 14.3 Å². The van der Waals surface area contributed by atoms with Crippen LogP contribution in [0.25, 0.3) is 0 Å². The number of benzene rings is 2. The number of ether oxygens (including phenoxy) is 2. The summed E-state index contributed by atoms with van der Waals surface area (Å²) in [5.74, 6) is 1.95. The summed E-state index contributed by atoms with van der Waals surface area (Å²) < 4.78 is 10.8. The lowest BCUT2D eigenvalue weighted by atomic mass is 10.1. The molecule has 0 unspecified atom stereocenters. The number of carbonyl (C=O) groups is 1. The van der Waals surface area contributed by atoms with Gasteiger partial charge in [-0.3, -0.25) is 4.79 Å². The smallest absolute Gasteiger partial charge is 0.251 e. The number of amides is 1. The normalized spacial score (nSPS) is 11.9. The molecule has 4 nitrogen and oxygen atoms in total. The van der Waals surface area contributed by atoms with Gasteiger partial charge >= 0.3 is 0 Å². The maximum atomic E-state index is 12.4. The van der Waals surface area contributed by atoms with E-state index in [1.165, 1.54) is 0 Å². The zero-order valence-corrected chi connectivity index (χ0v) is 14.7. The van der Waals surface area contributed by atoms with Crippen LogP contribution < -0.4 is 14.8 Å². The van der Waals surface area contributed by atoms with Crippen molar-refractivity contribution in [2.75, 3.05) is 13.7 Å². The van der Waals surface area contributed by atoms with E-state index in [2.05, 4.69) is 19.2 Å². The van der Waals surface area contributed by atoms with E-state index in [9.17, 15) is 4.79 Å². The van der Waals surface area contributed by atoms with Crippen LogP contribution >= 0.6 is 0 Å². The van der Waals surface area contributed by atoms with E-state index in [1.807, 2.05) is 43.3 Å². The van der Waals surface area contributed by atoms with Crippen LogP contribution in [-0.2, 0) is 0 Å². The zero-order valence-electron chi connectivity index (χ0n) is 14.7. The first-order valence-electron chi connectivity index (χ1n) is 8.17. The van der Waals surface area contributed by atoms with Crippen molar-refractivity contribution in [3.63, 3.8) is 0 Å². The second-order valence-electron chi connectivity index (χ2n) is 6.20. The van der Waals surface area contributed by atoms with Crippen LogP contribution in [0.2, 0.25) is 0 Å². The Bertz CT molecular complexity index is 648. The molecule has 0 aliphatic heterocycles.